The van der Waals surface area contributed by atoms with Crippen LogP contribution in [0, 0.1) is 11.8 Å². The molecule has 0 spiro atoms. The number of fused-ring (bicyclic) bond motifs is 2. The van der Waals surface area contributed by atoms with Crippen LogP contribution in [-0.4, -0.2) is 47.5 Å². The first-order valence-electron chi connectivity index (χ1n) is 13.2. The van der Waals surface area contributed by atoms with Gasteiger partial charge in [0.15, 0.2) is 16.6 Å². The minimum Gasteiger partial charge on any atom is -0.469 e. The Kier molecular flexibility index (Phi) is 8.25. The lowest BCUT2D eigenvalue weighted by Crippen LogP contribution is -2.68. The van der Waals surface area contributed by atoms with Crippen LogP contribution in [0.1, 0.15) is 53.5 Å². The van der Waals surface area contributed by atoms with Crippen molar-refractivity contribution >= 4 is 22.6 Å². The van der Waals surface area contributed by atoms with Crippen molar-refractivity contribution in [1.82, 2.24) is 0 Å². The summed E-state index contributed by atoms with van der Waals surface area (Å²) >= 11 is 0. The summed E-state index contributed by atoms with van der Waals surface area (Å²) in [7, 11) is -2.92. The summed E-state index contributed by atoms with van der Waals surface area (Å²) < 4.78 is 26.4. The largest absolute Gasteiger partial charge is 0.469 e. The molecule has 202 valence electrons. The lowest BCUT2D eigenvalue weighted by atomic mass is 9.63. The van der Waals surface area contributed by atoms with E-state index in [1.165, 1.54) is 7.11 Å². The van der Waals surface area contributed by atoms with Crippen molar-refractivity contribution in [3.8, 4) is 0 Å². The smallest absolute Gasteiger partial charge is 0.309 e. The lowest BCUT2D eigenvalue weighted by molar-refractivity contribution is -0.195. The van der Waals surface area contributed by atoms with Gasteiger partial charge >= 0.3 is 5.97 Å². The zero-order chi connectivity index (χ0) is 27.2. The van der Waals surface area contributed by atoms with E-state index in [1.807, 2.05) is 18.2 Å². The van der Waals surface area contributed by atoms with Crippen LogP contribution < -0.4 is 0 Å². The van der Waals surface area contributed by atoms with Gasteiger partial charge in [-0.05, 0) is 48.2 Å². The van der Waals surface area contributed by atoms with Gasteiger partial charge in [0, 0.05) is 5.92 Å². The molecular formula is C29H48O5Si2. The van der Waals surface area contributed by atoms with Crippen molar-refractivity contribution in [3.05, 3.63) is 48.0 Å². The summed E-state index contributed by atoms with van der Waals surface area (Å²) in [6, 6.07) is 10.2. The van der Waals surface area contributed by atoms with Crippen molar-refractivity contribution in [2.75, 3.05) is 7.11 Å². The van der Waals surface area contributed by atoms with Crippen LogP contribution >= 0.6 is 0 Å². The maximum absolute atomic E-state index is 13.0. The predicted molar refractivity (Wildman–Crippen MR) is 151 cm³/mol. The Balaban J connectivity index is 2.10. The van der Waals surface area contributed by atoms with Crippen molar-refractivity contribution in [1.29, 1.82) is 0 Å². The molecule has 0 N–H and O–H groups in total. The topological polar surface area (TPSA) is 54.0 Å². The second-order valence-corrected chi connectivity index (χ2v) is 23.2. The summed E-state index contributed by atoms with van der Waals surface area (Å²) in [6.07, 6.45) is 4.25. The molecule has 3 aliphatic rings. The Hall–Kier alpha value is -1.26. The van der Waals surface area contributed by atoms with Crippen molar-refractivity contribution in [2.45, 2.75) is 109 Å². The molecule has 5 nitrogen and oxygen atoms in total. The van der Waals surface area contributed by atoms with E-state index in [0.717, 1.165) is 5.56 Å². The first-order chi connectivity index (χ1) is 16.4. The van der Waals surface area contributed by atoms with Crippen molar-refractivity contribution in [2.24, 2.45) is 11.8 Å². The zero-order valence-electron chi connectivity index (χ0n) is 24.3. The van der Waals surface area contributed by atoms with E-state index in [-0.39, 0.29) is 40.1 Å². The highest BCUT2D eigenvalue weighted by atomic mass is 28.4. The van der Waals surface area contributed by atoms with Gasteiger partial charge in [-0.15, -0.1) is 0 Å². The Morgan fingerprint density at radius 2 is 1.50 bits per heavy atom. The highest BCUT2D eigenvalue weighted by Gasteiger charge is 2.62. The second kappa shape index (κ2) is 10.1. The molecule has 0 heterocycles. The van der Waals surface area contributed by atoms with E-state index >= 15 is 0 Å². The molecule has 0 amide bonds. The molecule has 7 heteroatoms. The van der Waals surface area contributed by atoms with Crippen LogP contribution in [0.4, 0.5) is 0 Å². The van der Waals surface area contributed by atoms with Gasteiger partial charge in [0.2, 0.25) is 0 Å². The molecule has 1 aromatic rings. The van der Waals surface area contributed by atoms with E-state index in [9.17, 15) is 4.79 Å². The number of carbonyl (C=O) groups excluding carboxylic acids is 1. The summed E-state index contributed by atoms with van der Waals surface area (Å²) in [6.45, 7) is 23.1. The van der Waals surface area contributed by atoms with Crippen molar-refractivity contribution < 1.29 is 23.1 Å². The Bertz CT molecular complexity index is 945. The molecule has 4 rings (SSSR count). The number of benzene rings is 1. The third kappa shape index (κ3) is 5.75. The van der Waals surface area contributed by atoms with E-state index in [1.54, 1.807) is 0 Å². The van der Waals surface area contributed by atoms with Crippen LogP contribution in [-0.2, 0) is 29.7 Å². The molecule has 0 aliphatic heterocycles. The van der Waals surface area contributed by atoms with E-state index < -0.39 is 22.2 Å². The van der Waals surface area contributed by atoms with Gasteiger partial charge < -0.3 is 18.3 Å². The van der Waals surface area contributed by atoms with Gasteiger partial charge in [0.25, 0.3) is 0 Å². The van der Waals surface area contributed by atoms with Gasteiger partial charge in [-0.3, -0.25) is 4.79 Å². The van der Waals surface area contributed by atoms with Gasteiger partial charge in [-0.25, -0.2) is 0 Å². The average molecular weight is 533 g/mol. The van der Waals surface area contributed by atoms with E-state index in [4.69, 9.17) is 18.3 Å². The Morgan fingerprint density at radius 3 is 2.03 bits per heavy atom. The number of hydrogen-bond donors (Lipinski definition) is 0. The molecule has 0 radical (unpaired) electrons. The molecule has 1 aromatic carbocycles. The summed E-state index contributed by atoms with van der Waals surface area (Å²) in [4.78, 5) is 13.0. The average Bonchev–Trinajstić information content (AvgIpc) is 2.78. The molecule has 1 saturated carbocycles. The maximum Gasteiger partial charge on any atom is 0.309 e. The van der Waals surface area contributed by atoms with Gasteiger partial charge in [-0.2, -0.15) is 0 Å². The number of rotatable bonds is 8. The number of esters is 1. The van der Waals surface area contributed by atoms with Crippen molar-refractivity contribution in [3.63, 3.8) is 0 Å². The number of methoxy groups -OCH3 is 1. The van der Waals surface area contributed by atoms with Crippen LogP contribution in [0.2, 0.25) is 36.3 Å². The minimum atomic E-state index is -2.20. The zero-order valence-corrected chi connectivity index (χ0v) is 26.3. The Labute approximate surface area is 221 Å². The molecule has 0 unspecified atom stereocenters. The number of carbonyl (C=O) groups is 1. The van der Waals surface area contributed by atoms with Gasteiger partial charge in [0.05, 0.1) is 25.7 Å². The summed E-state index contributed by atoms with van der Waals surface area (Å²) in [5.41, 5.74) is 0.321. The third-order valence-electron chi connectivity index (χ3n) is 9.08. The van der Waals surface area contributed by atoms with Gasteiger partial charge in [0.1, 0.15) is 11.7 Å². The van der Waals surface area contributed by atoms with Crippen LogP contribution in [0.3, 0.4) is 0 Å². The maximum atomic E-state index is 13.0. The molecule has 0 aromatic heterocycles. The highest BCUT2D eigenvalue weighted by Crippen LogP contribution is 2.53. The van der Waals surface area contributed by atoms with E-state index in [2.05, 4.69) is 92.0 Å². The molecule has 3 aliphatic carbocycles. The monoisotopic (exact) mass is 532 g/mol. The normalized spacial score (nSPS) is 28.9. The fourth-order valence-corrected chi connectivity index (χ4v) is 7.31. The van der Waals surface area contributed by atoms with Crippen LogP contribution in [0.25, 0.3) is 0 Å². The van der Waals surface area contributed by atoms with Gasteiger partial charge in [-0.1, -0.05) is 84.0 Å². The first-order valence-corrected chi connectivity index (χ1v) is 19.1. The number of ether oxygens (including phenoxy) is 2. The predicted octanol–water partition coefficient (Wildman–Crippen LogP) is 7.10. The molecular weight excluding hydrogens is 484 g/mol. The quantitative estimate of drug-likeness (QED) is 0.203. The first kappa shape index (κ1) is 29.3. The highest BCUT2D eigenvalue weighted by molar-refractivity contribution is 6.74. The van der Waals surface area contributed by atoms with E-state index in [0.29, 0.717) is 13.0 Å². The van der Waals surface area contributed by atoms with Crippen LogP contribution in [0.5, 0.6) is 0 Å². The second-order valence-electron chi connectivity index (χ2n) is 13.6. The SMILES string of the molecule is COC(=O)[C@H]1C[C@]2(OCc3ccccc3)C=C[C@H]1[C@H](O[Si](C)(C)C(C)(C)C)[C@H]2O[Si](C)(C)C(C)(C)C. The Morgan fingerprint density at radius 1 is 0.944 bits per heavy atom. The lowest BCUT2D eigenvalue weighted by Gasteiger charge is -2.58. The fraction of sp³-hybridized carbons (Fsp3) is 0.690. The standard InChI is InChI=1S/C29H48O5Si2/c1-27(2,3)35(8,9)33-24-22-17-18-29(19-23(22)26(30)31-7,32-20-21-15-13-12-14-16-21)25(24)34-36(10,11)28(4,5)6/h12-18,22-25H,19-20H2,1-11H3/t22-,23+,24+,25-,29-/m1/s1. The summed E-state index contributed by atoms with van der Waals surface area (Å²) in [5, 5.41) is 0.0467. The molecule has 1 fully saturated rings. The fourth-order valence-electron chi connectivity index (χ4n) is 4.68. The molecule has 5 atom stereocenters. The third-order valence-corrected chi connectivity index (χ3v) is 18.0. The molecule has 36 heavy (non-hydrogen) atoms. The molecule has 2 bridgehead atoms. The van der Waals surface area contributed by atoms with Crippen LogP contribution in [0.15, 0.2) is 42.5 Å². The number of hydrogen-bond acceptors (Lipinski definition) is 5. The molecule has 0 saturated heterocycles. The minimum absolute atomic E-state index is 0.0216. The summed E-state index contributed by atoms with van der Waals surface area (Å²) in [5.74, 6) is -0.639.